The van der Waals surface area contributed by atoms with E-state index >= 15 is 0 Å². The number of H-pyrrole nitrogens is 1. The third-order valence-electron chi connectivity index (χ3n) is 7.12. The number of nitrogens with zero attached hydrogens (tertiary/aromatic N) is 6. The number of benzene rings is 1. The maximum absolute atomic E-state index is 13.3. The molecule has 1 aliphatic rings. The number of para-hydroxylation sites is 1. The van der Waals surface area contributed by atoms with Crippen LogP contribution in [-0.2, 0) is 17.3 Å². The Kier molecular flexibility index (Phi) is 7.46. The summed E-state index contributed by atoms with van der Waals surface area (Å²) in [4.78, 5) is 21.6. The highest BCUT2D eigenvalue weighted by Gasteiger charge is 2.45. The van der Waals surface area contributed by atoms with Crippen molar-refractivity contribution >= 4 is 28.0 Å². The molecule has 0 amide bonds. The lowest BCUT2D eigenvalue weighted by atomic mass is 10.1. The van der Waals surface area contributed by atoms with Crippen LogP contribution in [-0.4, -0.2) is 82.0 Å². The average Bonchev–Trinajstić information content (AvgIpc) is 3.57. The van der Waals surface area contributed by atoms with E-state index in [4.69, 9.17) is 10.5 Å². The van der Waals surface area contributed by atoms with Gasteiger partial charge in [-0.25, -0.2) is 19.9 Å². The molecule has 0 spiro atoms. The van der Waals surface area contributed by atoms with Gasteiger partial charge in [-0.05, 0) is 45.4 Å². The topological polar surface area (TPSA) is 151 Å². The predicted molar refractivity (Wildman–Crippen MR) is 136 cm³/mol. The Labute approximate surface area is 221 Å². The Morgan fingerprint density at radius 2 is 1.92 bits per heavy atom. The van der Waals surface area contributed by atoms with Gasteiger partial charge < -0.3 is 25.7 Å². The quantitative estimate of drug-likeness (QED) is 0.231. The molecule has 0 bridgehead atoms. The summed E-state index contributed by atoms with van der Waals surface area (Å²) >= 11 is 0. The Morgan fingerprint density at radius 1 is 1.13 bits per heavy atom. The van der Waals surface area contributed by atoms with E-state index in [2.05, 4.69) is 29.8 Å². The summed E-state index contributed by atoms with van der Waals surface area (Å²) in [5, 5.41) is 21.5. The van der Waals surface area contributed by atoms with Crippen LogP contribution in [0.2, 0.25) is 0 Å². The molecule has 4 heterocycles. The first-order valence-electron chi connectivity index (χ1n) is 12.8. The lowest BCUT2D eigenvalue weighted by molar-refractivity contribution is -0.136. The van der Waals surface area contributed by atoms with Gasteiger partial charge in [-0.15, -0.1) is 0 Å². The van der Waals surface area contributed by atoms with Crippen LogP contribution in [0.25, 0.3) is 22.2 Å². The zero-order chi connectivity index (χ0) is 27.9. The third kappa shape index (κ3) is 5.41. The van der Waals surface area contributed by atoms with E-state index in [1.807, 2.05) is 13.8 Å². The van der Waals surface area contributed by atoms with Crippen molar-refractivity contribution < 1.29 is 28.1 Å². The second-order valence-electron chi connectivity index (χ2n) is 10.1. The number of nitrogen functional groups attached to an aromatic ring is 1. The summed E-state index contributed by atoms with van der Waals surface area (Å²) in [6, 6.07) is 4.11. The number of rotatable bonds is 9. The van der Waals surface area contributed by atoms with Crippen LogP contribution in [0.15, 0.2) is 30.9 Å². The average molecular weight is 549 g/mol. The molecule has 5 rings (SSSR count). The number of nitrogens with one attached hydrogen (secondary N) is 1. The Bertz CT molecular complexity index is 1440. The maximum atomic E-state index is 13.3. The van der Waals surface area contributed by atoms with Crippen LogP contribution in [0.5, 0.6) is 0 Å². The maximum Gasteiger partial charge on any atom is 0.418 e. The number of fused-ring (bicyclic) bond motifs is 2. The van der Waals surface area contributed by atoms with Crippen molar-refractivity contribution in [2.24, 2.45) is 0 Å². The number of imidazole rings is 2. The van der Waals surface area contributed by atoms with Gasteiger partial charge in [-0.3, -0.25) is 9.47 Å². The molecule has 210 valence electrons. The monoisotopic (exact) mass is 548 g/mol. The summed E-state index contributed by atoms with van der Waals surface area (Å²) in [7, 11) is 0. The van der Waals surface area contributed by atoms with E-state index in [1.54, 1.807) is 10.6 Å². The number of aromatic amines is 1. The summed E-state index contributed by atoms with van der Waals surface area (Å²) in [6.45, 7) is 5.08. The molecule has 11 nitrogen and oxygen atoms in total. The second kappa shape index (κ2) is 10.7. The van der Waals surface area contributed by atoms with Crippen LogP contribution in [0.3, 0.4) is 0 Å². The fraction of sp³-hybridized carbons (Fsp3) is 0.520. The van der Waals surface area contributed by atoms with E-state index in [-0.39, 0.29) is 17.4 Å². The SMILES string of the molecule is CC(C)N(CCCCc1nc2c(C(F)(F)F)cccc2[nH]1)CC1OC(n2cnc3c(N)ncnc32)C(O)C1O. The molecule has 14 heteroatoms. The van der Waals surface area contributed by atoms with Gasteiger partial charge in [-0.1, -0.05) is 6.07 Å². The number of ether oxygens (including phenoxy) is 1. The van der Waals surface area contributed by atoms with Crippen LogP contribution < -0.4 is 5.73 Å². The summed E-state index contributed by atoms with van der Waals surface area (Å²) in [5.41, 5.74) is 6.19. The van der Waals surface area contributed by atoms with Gasteiger partial charge in [0, 0.05) is 19.0 Å². The lowest BCUT2D eigenvalue weighted by Gasteiger charge is -2.30. The van der Waals surface area contributed by atoms with E-state index in [0.717, 1.165) is 12.5 Å². The molecule has 4 atom stereocenters. The van der Waals surface area contributed by atoms with E-state index in [9.17, 15) is 23.4 Å². The van der Waals surface area contributed by atoms with Crippen molar-refractivity contribution in [1.29, 1.82) is 0 Å². The highest BCUT2D eigenvalue weighted by Crippen LogP contribution is 2.34. The number of halogens is 3. The number of aryl methyl sites for hydroxylation is 1. The Morgan fingerprint density at radius 3 is 2.67 bits per heavy atom. The minimum Gasteiger partial charge on any atom is -0.387 e. The van der Waals surface area contributed by atoms with Gasteiger partial charge in [0.25, 0.3) is 0 Å². The van der Waals surface area contributed by atoms with Crippen molar-refractivity contribution in [2.75, 3.05) is 18.8 Å². The fourth-order valence-corrected chi connectivity index (χ4v) is 5.00. The number of alkyl halides is 3. The number of hydrogen-bond acceptors (Lipinski definition) is 9. The number of aliphatic hydroxyl groups is 2. The van der Waals surface area contributed by atoms with Crippen LogP contribution in [0.4, 0.5) is 19.0 Å². The zero-order valence-electron chi connectivity index (χ0n) is 21.5. The minimum absolute atomic E-state index is 0.0656. The smallest absolute Gasteiger partial charge is 0.387 e. The minimum atomic E-state index is -4.46. The molecular formula is C25H31F3N8O3. The van der Waals surface area contributed by atoms with Gasteiger partial charge >= 0.3 is 6.18 Å². The van der Waals surface area contributed by atoms with E-state index in [0.29, 0.717) is 48.4 Å². The first kappa shape index (κ1) is 27.2. The summed E-state index contributed by atoms with van der Waals surface area (Å²) < 4.78 is 47.5. The van der Waals surface area contributed by atoms with Crippen LogP contribution in [0, 0.1) is 0 Å². The first-order chi connectivity index (χ1) is 18.5. The molecule has 1 aromatic carbocycles. The van der Waals surface area contributed by atoms with Crippen molar-refractivity contribution in [3.8, 4) is 0 Å². The summed E-state index contributed by atoms with van der Waals surface area (Å²) in [5.74, 6) is 0.716. The van der Waals surface area contributed by atoms with Gasteiger partial charge in [-0.2, -0.15) is 13.2 Å². The molecule has 0 saturated carbocycles. The lowest BCUT2D eigenvalue weighted by Crippen LogP contribution is -2.43. The number of unbranched alkanes of at least 4 members (excludes halogenated alkanes) is 1. The normalized spacial score (nSPS) is 22.2. The zero-order valence-corrected chi connectivity index (χ0v) is 21.5. The fourth-order valence-electron chi connectivity index (χ4n) is 5.00. The molecule has 4 aromatic rings. The van der Waals surface area contributed by atoms with Gasteiger partial charge in [0.2, 0.25) is 0 Å². The Hall–Kier alpha value is -3.33. The van der Waals surface area contributed by atoms with Crippen LogP contribution in [0.1, 0.15) is 44.3 Å². The molecule has 1 saturated heterocycles. The van der Waals surface area contributed by atoms with E-state index in [1.165, 1.54) is 18.7 Å². The molecule has 3 aromatic heterocycles. The highest BCUT2D eigenvalue weighted by atomic mass is 19.4. The number of aromatic nitrogens is 6. The van der Waals surface area contributed by atoms with Gasteiger partial charge in [0.15, 0.2) is 17.7 Å². The predicted octanol–water partition coefficient (Wildman–Crippen LogP) is 2.66. The highest BCUT2D eigenvalue weighted by molar-refractivity contribution is 5.81. The number of hydrogen-bond donors (Lipinski definition) is 4. The number of anilines is 1. The van der Waals surface area contributed by atoms with Crippen molar-refractivity contribution in [3.63, 3.8) is 0 Å². The Balaban J connectivity index is 1.19. The van der Waals surface area contributed by atoms with Crippen molar-refractivity contribution in [1.82, 2.24) is 34.4 Å². The van der Waals surface area contributed by atoms with Crippen molar-refractivity contribution in [3.05, 3.63) is 42.2 Å². The second-order valence-corrected chi connectivity index (χ2v) is 10.1. The summed E-state index contributed by atoms with van der Waals surface area (Å²) in [6.07, 6.45) is -3.66. The van der Waals surface area contributed by atoms with E-state index < -0.39 is 36.3 Å². The molecule has 0 aliphatic carbocycles. The largest absolute Gasteiger partial charge is 0.418 e. The first-order valence-corrected chi connectivity index (χ1v) is 12.8. The standard InChI is InChI=1S/C25H31F3N8O3/c1-13(2)35(9-4-3-8-17-33-15-7-5-6-14(18(15)34-17)25(26,27)28)10-16-20(37)21(38)24(39-16)36-12-32-19-22(29)30-11-31-23(19)36/h5-7,11-13,16,20-21,24,37-38H,3-4,8-10H2,1-2H3,(H,33,34)(H2,29,30,31). The third-order valence-corrected chi connectivity index (χ3v) is 7.12. The number of nitrogens with two attached hydrogens (primary N) is 1. The molecule has 0 radical (unpaired) electrons. The molecule has 1 fully saturated rings. The van der Waals surface area contributed by atoms with Crippen LogP contribution >= 0.6 is 0 Å². The van der Waals surface area contributed by atoms with Crippen molar-refractivity contribution in [2.45, 2.75) is 69.9 Å². The van der Waals surface area contributed by atoms with Gasteiger partial charge in [0.1, 0.15) is 41.5 Å². The molecule has 39 heavy (non-hydrogen) atoms. The molecule has 4 unspecified atom stereocenters. The molecule has 5 N–H and O–H groups in total. The number of aliphatic hydroxyl groups excluding tert-OH is 2. The molecular weight excluding hydrogens is 517 g/mol. The molecule has 1 aliphatic heterocycles. The van der Waals surface area contributed by atoms with Gasteiger partial charge in [0.05, 0.1) is 17.4 Å².